The van der Waals surface area contributed by atoms with E-state index in [1.807, 2.05) is 6.92 Å². The third-order valence-electron chi connectivity index (χ3n) is 7.13. The minimum Gasteiger partial charge on any atom is -0.466 e. The molecular weight excluding hydrogens is 420 g/mol. The second-order valence-corrected chi connectivity index (χ2v) is 16.1. The smallest absolute Gasteiger partial charge is 0.311 e. The topological polar surface area (TPSA) is 76.0 Å². The normalized spacial score (nSPS) is 17.6. The first-order valence-electron chi connectivity index (χ1n) is 12.4. The van der Waals surface area contributed by atoms with Crippen molar-refractivity contribution >= 4 is 14.3 Å². The summed E-state index contributed by atoms with van der Waals surface area (Å²) in [5, 5.41) is 22.0. The number of carbonyl (C=O) groups excluding carboxylic acids is 1. The van der Waals surface area contributed by atoms with Gasteiger partial charge in [0.25, 0.3) is 0 Å². The Morgan fingerprint density at radius 2 is 1.62 bits per heavy atom. The van der Waals surface area contributed by atoms with E-state index < -0.39 is 37.8 Å². The molecule has 0 aliphatic carbocycles. The van der Waals surface area contributed by atoms with Gasteiger partial charge < -0.3 is 19.4 Å². The van der Waals surface area contributed by atoms with Crippen LogP contribution in [0.2, 0.25) is 18.1 Å². The van der Waals surface area contributed by atoms with Gasteiger partial charge >= 0.3 is 5.97 Å². The summed E-state index contributed by atoms with van der Waals surface area (Å²) in [4.78, 5) is 12.1. The summed E-state index contributed by atoms with van der Waals surface area (Å²) in [6, 6.07) is 0. The van der Waals surface area contributed by atoms with Crippen LogP contribution in [0.15, 0.2) is 11.6 Å². The molecule has 0 spiro atoms. The van der Waals surface area contributed by atoms with Gasteiger partial charge in [-0.15, -0.1) is 0 Å². The number of carbonyl (C=O) groups is 1. The zero-order valence-electron chi connectivity index (χ0n) is 22.7. The quantitative estimate of drug-likeness (QED) is 0.135. The highest BCUT2D eigenvalue weighted by Gasteiger charge is 2.42. The predicted octanol–water partition coefficient (Wildman–Crippen LogP) is 6.24. The average Bonchev–Trinajstić information content (AvgIpc) is 2.69. The van der Waals surface area contributed by atoms with Gasteiger partial charge in [-0.05, 0) is 57.3 Å². The summed E-state index contributed by atoms with van der Waals surface area (Å²) in [6.45, 7) is 22.7. The predicted molar refractivity (Wildman–Crippen MR) is 136 cm³/mol. The van der Waals surface area contributed by atoms with Gasteiger partial charge in [-0.2, -0.15) is 0 Å². The lowest BCUT2D eigenvalue weighted by Crippen LogP contribution is -2.46. The van der Waals surface area contributed by atoms with Crippen LogP contribution < -0.4 is 0 Å². The van der Waals surface area contributed by atoms with Gasteiger partial charge in [0.05, 0.1) is 24.7 Å². The molecule has 190 valence electrons. The fraction of sp³-hybridized carbons (Fsp3) is 0.885. The molecule has 5 nitrogen and oxygen atoms in total. The minimum absolute atomic E-state index is 0.121. The molecule has 0 saturated heterocycles. The largest absolute Gasteiger partial charge is 0.466 e. The van der Waals surface area contributed by atoms with Crippen LogP contribution in [0.3, 0.4) is 0 Å². The fourth-order valence-electron chi connectivity index (χ4n) is 3.66. The molecule has 0 aliphatic rings. The SMILES string of the molecule is CCCCC[C@H](C/C=C(\C)[C@@H](O)C(C)(C)[C@H](O)[C@@H](C)C(=O)OCC)O[Si](C)(C)C(C)(C)C. The van der Waals surface area contributed by atoms with E-state index in [0.717, 1.165) is 24.8 Å². The molecule has 0 fully saturated rings. The van der Waals surface area contributed by atoms with Gasteiger partial charge in [0, 0.05) is 11.5 Å². The van der Waals surface area contributed by atoms with Crippen molar-refractivity contribution in [1.82, 2.24) is 0 Å². The van der Waals surface area contributed by atoms with Crippen LogP contribution in [-0.4, -0.2) is 49.4 Å². The zero-order chi connectivity index (χ0) is 25.3. The van der Waals surface area contributed by atoms with Crippen molar-refractivity contribution in [3.8, 4) is 0 Å². The van der Waals surface area contributed by atoms with Crippen LogP contribution in [0.25, 0.3) is 0 Å². The highest BCUT2D eigenvalue weighted by molar-refractivity contribution is 6.74. The van der Waals surface area contributed by atoms with Gasteiger partial charge in [-0.3, -0.25) is 4.79 Å². The molecule has 0 aliphatic heterocycles. The molecule has 32 heavy (non-hydrogen) atoms. The molecule has 0 saturated carbocycles. The van der Waals surface area contributed by atoms with Gasteiger partial charge in [-0.25, -0.2) is 0 Å². The summed E-state index contributed by atoms with van der Waals surface area (Å²) in [5.41, 5.74) is -0.102. The average molecular weight is 473 g/mol. The maximum atomic E-state index is 12.1. The van der Waals surface area contributed by atoms with Gasteiger partial charge in [0.15, 0.2) is 8.32 Å². The zero-order valence-corrected chi connectivity index (χ0v) is 23.7. The molecule has 0 heterocycles. The van der Waals surface area contributed by atoms with Crippen LogP contribution in [0.1, 0.15) is 94.4 Å². The summed E-state index contributed by atoms with van der Waals surface area (Å²) in [7, 11) is -1.90. The van der Waals surface area contributed by atoms with Gasteiger partial charge in [-0.1, -0.05) is 66.9 Å². The van der Waals surface area contributed by atoms with E-state index in [0.29, 0.717) is 0 Å². The van der Waals surface area contributed by atoms with Crippen molar-refractivity contribution in [3.63, 3.8) is 0 Å². The Labute approximate surface area is 199 Å². The number of rotatable bonds is 14. The van der Waals surface area contributed by atoms with Crippen LogP contribution in [-0.2, 0) is 14.0 Å². The number of hydrogen-bond acceptors (Lipinski definition) is 5. The van der Waals surface area contributed by atoms with Crippen molar-refractivity contribution in [1.29, 1.82) is 0 Å². The van der Waals surface area contributed by atoms with Gasteiger partial charge in [0.2, 0.25) is 0 Å². The Morgan fingerprint density at radius 3 is 2.09 bits per heavy atom. The van der Waals surface area contributed by atoms with E-state index >= 15 is 0 Å². The lowest BCUT2D eigenvalue weighted by atomic mass is 9.73. The Balaban J connectivity index is 5.44. The molecule has 0 radical (unpaired) electrons. The number of aliphatic hydroxyl groups is 2. The van der Waals surface area contributed by atoms with E-state index in [2.05, 4.69) is 46.9 Å². The number of unbranched alkanes of at least 4 members (excludes halogenated alkanes) is 2. The van der Waals surface area contributed by atoms with E-state index in [1.165, 1.54) is 12.8 Å². The molecule has 6 heteroatoms. The third kappa shape index (κ3) is 9.28. The Bertz CT molecular complexity index is 592. The second-order valence-electron chi connectivity index (χ2n) is 11.4. The monoisotopic (exact) mass is 472 g/mol. The van der Waals surface area contributed by atoms with Crippen molar-refractivity contribution in [2.75, 3.05) is 6.61 Å². The molecule has 0 unspecified atom stereocenters. The minimum atomic E-state index is -1.90. The highest BCUT2D eigenvalue weighted by atomic mass is 28.4. The molecule has 0 amide bonds. The molecule has 0 aromatic rings. The fourth-order valence-corrected chi connectivity index (χ4v) is 5.07. The lowest BCUT2D eigenvalue weighted by molar-refractivity contribution is -0.156. The second kappa shape index (κ2) is 13.3. The lowest BCUT2D eigenvalue weighted by Gasteiger charge is -2.40. The summed E-state index contributed by atoms with van der Waals surface area (Å²) < 4.78 is 11.8. The van der Waals surface area contributed by atoms with E-state index in [-0.39, 0.29) is 17.7 Å². The number of esters is 1. The number of ether oxygens (including phenoxy) is 1. The van der Waals surface area contributed by atoms with E-state index in [9.17, 15) is 15.0 Å². The number of hydrogen-bond donors (Lipinski definition) is 2. The molecule has 0 aromatic carbocycles. The molecule has 0 aromatic heterocycles. The first-order valence-corrected chi connectivity index (χ1v) is 15.3. The maximum absolute atomic E-state index is 12.1. The van der Waals surface area contributed by atoms with E-state index in [1.54, 1.807) is 27.7 Å². The summed E-state index contributed by atoms with van der Waals surface area (Å²) in [5.74, 6) is -1.16. The Hall–Kier alpha value is -0.693. The van der Waals surface area contributed by atoms with Crippen molar-refractivity contribution in [2.45, 2.75) is 131 Å². The molecule has 0 rings (SSSR count). The molecule has 2 N–H and O–H groups in total. The maximum Gasteiger partial charge on any atom is 0.311 e. The Kier molecular flexibility index (Phi) is 13.0. The van der Waals surface area contributed by atoms with Crippen LogP contribution >= 0.6 is 0 Å². The van der Waals surface area contributed by atoms with Crippen LogP contribution in [0.4, 0.5) is 0 Å². The first kappa shape index (κ1) is 31.3. The van der Waals surface area contributed by atoms with Gasteiger partial charge in [0.1, 0.15) is 0 Å². The summed E-state index contributed by atoms with van der Waals surface area (Å²) >= 11 is 0. The van der Waals surface area contributed by atoms with Crippen molar-refractivity contribution in [3.05, 3.63) is 11.6 Å². The first-order chi connectivity index (χ1) is 14.5. The van der Waals surface area contributed by atoms with Crippen molar-refractivity contribution in [2.24, 2.45) is 11.3 Å². The molecule has 0 bridgehead atoms. The van der Waals surface area contributed by atoms with Crippen LogP contribution in [0.5, 0.6) is 0 Å². The Morgan fingerprint density at radius 1 is 1.06 bits per heavy atom. The van der Waals surface area contributed by atoms with Crippen molar-refractivity contribution < 1.29 is 24.2 Å². The highest BCUT2D eigenvalue weighted by Crippen LogP contribution is 2.39. The molecule has 4 atom stereocenters. The third-order valence-corrected chi connectivity index (χ3v) is 11.7. The summed E-state index contributed by atoms with van der Waals surface area (Å²) in [6.07, 6.45) is 5.51. The number of aliphatic hydroxyl groups excluding tert-OH is 2. The van der Waals surface area contributed by atoms with E-state index in [4.69, 9.17) is 9.16 Å². The van der Waals surface area contributed by atoms with Crippen LogP contribution in [0, 0.1) is 11.3 Å². The standard InChI is InChI=1S/C26H52O5Si/c1-12-14-15-16-21(31-32(10,11)25(5,6)7)18-17-19(3)22(27)26(8,9)23(28)20(4)24(29)30-13-2/h17,20-23,27-28H,12-16,18H2,1-11H3/b19-17+/t20-,21-,22-,23-/m1/s1. The molecular formula is C26H52O5Si.